The Bertz CT molecular complexity index is 614. The summed E-state index contributed by atoms with van der Waals surface area (Å²) in [5.74, 6) is -0.757. The van der Waals surface area contributed by atoms with Gasteiger partial charge in [0, 0.05) is 11.9 Å². The molecule has 0 aliphatic heterocycles. The van der Waals surface area contributed by atoms with Gasteiger partial charge < -0.3 is 10.1 Å². The number of hydrogen-bond acceptors (Lipinski definition) is 4. The zero-order valence-electron chi connectivity index (χ0n) is 10.6. The van der Waals surface area contributed by atoms with E-state index < -0.39 is 5.97 Å². The van der Waals surface area contributed by atoms with E-state index in [0.717, 1.165) is 5.56 Å². The average molecular weight is 260 g/mol. The minimum Gasteiger partial charge on any atom is -0.465 e. The van der Waals surface area contributed by atoms with Crippen LogP contribution in [0.25, 0.3) is 0 Å². The van der Waals surface area contributed by atoms with Gasteiger partial charge in [-0.15, -0.1) is 0 Å². The van der Waals surface area contributed by atoms with Crippen LogP contribution in [-0.4, -0.2) is 18.1 Å². The van der Waals surface area contributed by atoms with E-state index in [2.05, 4.69) is 10.3 Å². The van der Waals surface area contributed by atoms with Crippen molar-refractivity contribution in [3.8, 4) is 0 Å². The molecule has 1 aromatic carbocycles. The molecular formula is C14H13FN2O2. The molecular weight excluding hydrogens is 247 g/mol. The third-order valence-corrected chi connectivity index (χ3v) is 2.68. The maximum Gasteiger partial charge on any atom is 0.340 e. The fraction of sp³-hybridized carbons (Fsp3) is 0.143. The fourth-order valence-corrected chi connectivity index (χ4v) is 1.69. The van der Waals surface area contributed by atoms with Gasteiger partial charge in [-0.3, -0.25) is 4.98 Å². The second-order valence-corrected chi connectivity index (χ2v) is 4.00. The van der Waals surface area contributed by atoms with Crippen molar-refractivity contribution in [2.75, 3.05) is 12.4 Å². The number of methoxy groups -OCH3 is 1. The van der Waals surface area contributed by atoms with Crippen LogP contribution in [0.3, 0.4) is 0 Å². The summed E-state index contributed by atoms with van der Waals surface area (Å²) in [6.07, 6.45) is 3.03. The van der Waals surface area contributed by atoms with E-state index in [1.54, 1.807) is 19.1 Å². The third kappa shape index (κ3) is 2.88. The van der Waals surface area contributed by atoms with Crippen LogP contribution in [0.1, 0.15) is 15.9 Å². The summed E-state index contributed by atoms with van der Waals surface area (Å²) in [6.45, 7) is 1.78. The van der Waals surface area contributed by atoms with Crippen molar-refractivity contribution in [1.29, 1.82) is 0 Å². The van der Waals surface area contributed by atoms with E-state index in [4.69, 9.17) is 4.74 Å². The summed E-state index contributed by atoms with van der Waals surface area (Å²) >= 11 is 0. The first kappa shape index (κ1) is 13.0. The van der Waals surface area contributed by atoms with Crippen molar-refractivity contribution in [1.82, 2.24) is 4.98 Å². The number of aromatic nitrogens is 1. The van der Waals surface area contributed by atoms with Gasteiger partial charge >= 0.3 is 5.97 Å². The molecule has 0 radical (unpaired) electrons. The van der Waals surface area contributed by atoms with Gasteiger partial charge in [0.2, 0.25) is 0 Å². The largest absolute Gasteiger partial charge is 0.465 e. The maximum atomic E-state index is 13.0. The molecule has 98 valence electrons. The normalized spacial score (nSPS) is 10.1. The summed E-state index contributed by atoms with van der Waals surface area (Å²) in [5.41, 5.74) is 2.34. The number of ether oxygens (including phenoxy) is 1. The molecule has 1 N–H and O–H groups in total. The van der Waals surface area contributed by atoms with E-state index in [0.29, 0.717) is 16.9 Å². The molecule has 19 heavy (non-hydrogen) atoms. The molecule has 0 bridgehead atoms. The molecule has 0 spiro atoms. The van der Waals surface area contributed by atoms with Gasteiger partial charge in [-0.25, -0.2) is 9.18 Å². The van der Waals surface area contributed by atoms with E-state index in [-0.39, 0.29) is 5.82 Å². The lowest BCUT2D eigenvalue weighted by molar-refractivity contribution is 0.0602. The number of aryl methyl sites for hydroxylation is 1. The maximum absolute atomic E-state index is 13.0. The molecule has 5 heteroatoms. The monoisotopic (exact) mass is 260 g/mol. The van der Waals surface area contributed by atoms with Gasteiger partial charge in [0.1, 0.15) is 5.82 Å². The lowest BCUT2D eigenvalue weighted by Gasteiger charge is -2.12. The minimum absolute atomic E-state index is 0.303. The first-order valence-corrected chi connectivity index (χ1v) is 5.67. The first-order valence-electron chi connectivity index (χ1n) is 5.67. The van der Waals surface area contributed by atoms with E-state index in [9.17, 15) is 9.18 Å². The lowest BCUT2D eigenvalue weighted by atomic mass is 10.1. The summed E-state index contributed by atoms with van der Waals surface area (Å²) in [7, 11) is 1.32. The van der Waals surface area contributed by atoms with Gasteiger partial charge in [-0.1, -0.05) is 0 Å². The SMILES string of the molecule is COC(=O)c1ccncc1Nc1ccc(F)cc1C. The smallest absolute Gasteiger partial charge is 0.340 e. The molecule has 2 rings (SSSR count). The summed E-state index contributed by atoms with van der Waals surface area (Å²) in [5, 5.41) is 3.05. The molecule has 0 atom stereocenters. The number of carbonyl (C=O) groups excluding carboxylic acids is 1. The van der Waals surface area contributed by atoms with Crippen molar-refractivity contribution in [3.05, 3.63) is 53.6 Å². The molecule has 0 unspecified atom stereocenters. The number of nitrogens with zero attached hydrogens (tertiary/aromatic N) is 1. The van der Waals surface area contributed by atoms with Gasteiger partial charge in [0.15, 0.2) is 0 Å². The Morgan fingerprint density at radius 1 is 1.32 bits per heavy atom. The van der Waals surface area contributed by atoms with Crippen LogP contribution < -0.4 is 5.32 Å². The predicted octanol–water partition coefficient (Wildman–Crippen LogP) is 3.06. The van der Waals surface area contributed by atoms with Crippen LogP contribution in [0.15, 0.2) is 36.7 Å². The van der Waals surface area contributed by atoms with Crippen molar-refractivity contribution >= 4 is 17.3 Å². The third-order valence-electron chi connectivity index (χ3n) is 2.68. The fourth-order valence-electron chi connectivity index (χ4n) is 1.69. The number of hydrogen-bond donors (Lipinski definition) is 1. The highest BCUT2D eigenvalue weighted by molar-refractivity contribution is 5.96. The molecule has 1 heterocycles. The van der Waals surface area contributed by atoms with Crippen LogP contribution in [0, 0.1) is 12.7 Å². The first-order chi connectivity index (χ1) is 9.11. The number of nitrogens with one attached hydrogen (secondary N) is 1. The molecule has 0 amide bonds. The summed E-state index contributed by atoms with van der Waals surface area (Å²) in [4.78, 5) is 15.6. The molecule has 4 nitrogen and oxygen atoms in total. The summed E-state index contributed by atoms with van der Waals surface area (Å²) < 4.78 is 17.7. The second-order valence-electron chi connectivity index (χ2n) is 4.00. The topological polar surface area (TPSA) is 51.2 Å². The molecule has 0 aliphatic rings. The molecule has 2 aromatic rings. The van der Waals surface area contributed by atoms with Gasteiger partial charge in [-0.2, -0.15) is 0 Å². The number of esters is 1. The van der Waals surface area contributed by atoms with Gasteiger partial charge in [0.05, 0.1) is 24.6 Å². The number of anilines is 2. The second kappa shape index (κ2) is 5.48. The number of benzene rings is 1. The standard InChI is InChI=1S/C14H13FN2O2/c1-9-7-10(15)3-4-12(9)17-13-8-16-6-5-11(13)14(18)19-2/h3-8,17H,1-2H3. The Labute approximate surface area is 110 Å². The molecule has 1 aromatic heterocycles. The molecule has 0 aliphatic carbocycles. The van der Waals surface area contributed by atoms with Crippen LogP contribution in [0.2, 0.25) is 0 Å². The lowest BCUT2D eigenvalue weighted by Crippen LogP contribution is -2.06. The zero-order chi connectivity index (χ0) is 13.8. The minimum atomic E-state index is -0.454. The van der Waals surface area contributed by atoms with Crippen LogP contribution in [0.5, 0.6) is 0 Å². The Kier molecular flexibility index (Phi) is 3.75. The van der Waals surface area contributed by atoms with E-state index in [1.165, 1.54) is 31.6 Å². The number of carbonyl (C=O) groups is 1. The van der Waals surface area contributed by atoms with Crippen molar-refractivity contribution in [2.45, 2.75) is 6.92 Å². The zero-order valence-corrected chi connectivity index (χ0v) is 10.6. The van der Waals surface area contributed by atoms with Crippen molar-refractivity contribution < 1.29 is 13.9 Å². The molecule has 0 fully saturated rings. The van der Waals surface area contributed by atoms with Crippen LogP contribution in [0.4, 0.5) is 15.8 Å². The predicted molar refractivity (Wildman–Crippen MR) is 70.0 cm³/mol. The number of pyridine rings is 1. The Hall–Kier alpha value is -2.43. The van der Waals surface area contributed by atoms with Crippen molar-refractivity contribution in [3.63, 3.8) is 0 Å². The highest BCUT2D eigenvalue weighted by Gasteiger charge is 2.12. The Morgan fingerprint density at radius 2 is 2.11 bits per heavy atom. The van der Waals surface area contributed by atoms with E-state index >= 15 is 0 Å². The quantitative estimate of drug-likeness (QED) is 0.862. The Balaban J connectivity index is 2.35. The van der Waals surface area contributed by atoms with Crippen LogP contribution >= 0.6 is 0 Å². The van der Waals surface area contributed by atoms with E-state index in [1.807, 2.05) is 0 Å². The highest BCUT2D eigenvalue weighted by atomic mass is 19.1. The molecule has 0 saturated carbocycles. The average Bonchev–Trinajstić information content (AvgIpc) is 2.41. The Morgan fingerprint density at radius 3 is 2.79 bits per heavy atom. The number of halogens is 1. The van der Waals surface area contributed by atoms with Crippen molar-refractivity contribution in [2.24, 2.45) is 0 Å². The van der Waals surface area contributed by atoms with Gasteiger partial charge in [-0.05, 0) is 36.8 Å². The van der Waals surface area contributed by atoms with Crippen LogP contribution in [-0.2, 0) is 4.74 Å². The highest BCUT2D eigenvalue weighted by Crippen LogP contribution is 2.23. The summed E-state index contributed by atoms with van der Waals surface area (Å²) in [6, 6.07) is 5.94. The number of rotatable bonds is 3. The van der Waals surface area contributed by atoms with Gasteiger partial charge in [0.25, 0.3) is 0 Å². The molecule has 0 saturated heterocycles.